The first kappa shape index (κ1) is 16.0. The van der Waals surface area contributed by atoms with E-state index in [9.17, 15) is 15.3 Å². The molecule has 0 amide bonds. The van der Waals surface area contributed by atoms with Crippen molar-refractivity contribution in [2.24, 2.45) is 4.99 Å². The van der Waals surface area contributed by atoms with Gasteiger partial charge in [0.15, 0.2) is 0 Å². The summed E-state index contributed by atoms with van der Waals surface area (Å²) in [6.07, 6.45) is -5.58. The minimum Gasteiger partial charge on any atom is -0.462 e. The van der Waals surface area contributed by atoms with Crippen LogP contribution >= 0.6 is 12.2 Å². The summed E-state index contributed by atoms with van der Waals surface area (Å²) < 4.78 is 10.9. The summed E-state index contributed by atoms with van der Waals surface area (Å²) in [5.41, 5.74) is 1.50. The number of aliphatic imine (C=N–C) groups is 1. The Morgan fingerprint density at radius 2 is 1.95 bits per heavy atom. The Morgan fingerprint density at radius 1 is 1.24 bits per heavy atom. The van der Waals surface area contributed by atoms with Gasteiger partial charge in [-0.25, -0.2) is 0 Å². The van der Waals surface area contributed by atoms with Crippen molar-refractivity contribution in [3.05, 3.63) is 23.8 Å². The van der Waals surface area contributed by atoms with Gasteiger partial charge in [-0.1, -0.05) is 6.07 Å². The topological polar surface area (TPSA) is 91.5 Å². The number of ether oxygens (including phenoxy) is 2. The van der Waals surface area contributed by atoms with Crippen LogP contribution in [0.3, 0.4) is 0 Å². The van der Waals surface area contributed by atoms with E-state index in [1.54, 1.807) is 25.1 Å². The normalized spacial score (nSPS) is 32.3. The van der Waals surface area contributed by atoms with E-state index in [0.717, 1.165) is 5.56 Å². The van der Waals surface area contributed by atoms with Crippen molar-refractivity contribution in [2.75, 3.05) is 0 Å². The smallest absolute Gasteiger partial charge is 0.229 e. The molecule has 1 aliphatic heterocycles. The second-order valence-corrected chi connectivity index (χ2v) is 5.13. The van der Waals surface area contributed by atoms with Crippen LogP contribution in [0.2, 0.25) is 0 Å². The zero-order valence-corrected chi connectivity index (χ0v) is 12.4. The quantitative estimate of drug-likeness (QED) is 0.568. The molecule has 0 aliphatic carbocycles. The van der Waals surface area contributed by atoms with Crippen molar-refractivity contribution in [1.82, 2.24) is 0 Å². The summed E-state index contributed by atoms with van der Waals surface area (Å²) in [6, 6.07) is 5.10. The van der Waals surface area contributed by atoms with E-state index in [-0.39, 0.29) is 0 Å². The first-order chi connectivity index (χ1) is 9.93. The van der Waals surface area contributed by atoms with E-state index in [1.807, 2.05) is 6.92 Å². The maximum absolute atomic E-state index is 9.90. The van der Waals surface area contributed by atoms with Crippen LogP contribution in [0.25, 0.3) is 0 Å². The predicted octanol–water partition coefficient (Wildman–Crippen LogP) is 0.936. The standard InChI is InChI=1S/C14H17NO5S/c1-7-3-4-9(5-10(7)15-6-21)20-14-13(18)12(17)11(16)8(2)19-14/h3-5,8,11-14,16-18H,1-2H3/t8-,11-,12+,13+,14?/m0/s1. The van der Waals surface area contributed by atoms with E-state index >= 15 is 0 Å². The minimum atomic E-state index is -1.35. The molecule has 114 valence electrons. The Labute approximate surface area is 127 Å². The Bertz CT molecular complexity index is 560. The van der Waals surface area contributed by atoms with E-state index in [4.69, 9.17) is 9.47 Å². The third kappa shape index (κ3) is 3.47. The Morgan fingerprint density at radius 3 is 2.62 bits per heavy atom. The zero-order valence-electron chi connectivity index (χ0n) is 11.6. The molecular formula is C14H17NO5S. The molecule has 6 nitrogen and oxygen atoms in total. The number of nitrogens with zero attached hydrogens (tertiary/aromatic N) is 1. The molecule has 0 spiro atoms. The van der Waals surface area contributed by atoms with Crippen LogP contribution < -0.4 is 4.74 Å². The van der Waals surface area contributed by atoms with Crippen LogP contribution in [0.4, 0.5) is 5.69 Å². The lowest BCUT2D eigenvalue weighted by atomic mass is 10.00. The van der Waals surface area contributed by atoms with Gasteiger partial charge in [-0.05, 0) is 37.7 Å². The third-order valence-corrected chi connectivity index (χ3v) is 3.50. The summed E-state index contributed by atoms with van der Waals surface area (Å²) in [5, 5.41) is 31.6. The summed E-state index contributed by atoms with van der Waals surface area (Å²) >= 11 is 4.58. The molecule has 2 rings (SSSR count). The van der Waals surface area contributed by atoms with Crippen molar-refractivity contribution in [3.63, 3.8) is 0 Å². The Kier molecular flexibility index (Phi) is 5.05. The first-order valence-corrected chi connectivity index (χ1v) is 6.89. The highest BCUT2D eigenvalue weighted by Gasteiger charge is 2.43. The maximum atomic E-state index is 9.90. The van der Waals surface area contributed by atoms with Crippen molar-refractivity contribution in [2.45, 2.75) is 44.6 Å². The number of aliphatic hydroxyl groups is 3. The first-order valence-electron chi connectivity index (χ1n) is 6.49. The number of isothiocyanates is 1. The fourth-order valence-corrected chi connectivity index (χ4v) is 2.18. The number of benzene rings is 1. The van der Waals surface area contributed by atoms with Gasteiger partial charge in [0.25, 0.3) is 0 Å². The number of aryl methyl sites for hydroxylation is 1. The summed E-state index contributed by atoms with van der Waals surface area (Å²) in [4.78, 5) is 3.91. The molecule has 0 saturated carbocycles. The predicted molar refractivity (Wildman–Crippen MR) is 78.8 cm³/mol. The van der Waals surface area contributed by atoms with E-state index < -0.39 is 30.7 Å². The fraction of sp³-hybridized carbons (Fsp3) is 0.500. The zero-order chi connectivity index (χ0) is 15.6. The average Bonchev–Trinajstić information content (AvgIpc) is 2.46. The van der Waals surface area contributed by atoms with Crippen molar-refractivity contribution in [3.8, 4) is 5.75 Å². The van der Waals surface area contributed by atoms with Crippen LogP contribution in [0, 0.1) is 6.92 Å². The number of hydrogen-bond acceptors (Lipinski definition) is 7. The molecule has 1 aliphatic rings. The summed E-state index contributed by atoms with van der Waals surface area (Å²) in [5.74, 6) is 0.407. The lowest BCUT2D eigenvalue weighted by Crippen LogP contribution is -2.58. The van der Waals surface area contributed by atoms with Gasteiger partial charge in [-0.2, -0.15) is 4.99 Å². The molecular weight excluding hydrogens is 294 g/mol. The van der Waals surface area contributed by atoms with Gasteiger partial charge in [0.1, 0.15) is 24.1 Å². The molecule has 5 atom stereocenters. The molecule has 1 heterocycles. The van der Waals surface area contributed by atoms with Gasteiger partial charge in [0, 0.05) is 6.07 Å². The lowest BCUT2D eigenvalue weighted by Gasteiger charge is -2.38. The highest BCUT2D eigenvalue weighted by atomic mass is 32.1. The van der Waals surface area contributed by atoms with Gasteiger partial charge < -0.3 is 24.8 Å². The van der Waals surface area contributed by atoms with Crippen molar-refractivity contribution < 1.29 is 24.8 Å². The molecule has 0 radical (unpaired) electrons. The van der Waals surface area contributed by atoms with Crippen LogP contribution in [-0.4, -0.2) is 51.2 Å². The fourth-order valence-electron chi connectivity index (χ4n) is 2.08. The Hall–Kier alpha value is -1.34. The molecule has 0 bridgehead atoms. The number of thiocarbonyl (C=S) groups is 1. The number of rotatable bonds is 3. The molecule has 1 fully saturated rings. The van der Waals surface area contributed by atoms with Crippen LogP contribution in [0.5, 0.6) is 5.75 Å². The maximum Gasteiger partial charge on any atom is 0.229 e. The molecule has 1 saturated heterocycles. The van der Waals surface area contributed by atoms with E-state index in [0.29, 0.717) is 11.4 Å². The van der Waals surface area contributed by atoms with Crippen LogP contribution in [0.15, 0.2) is 23.2 Å². The third-order valence-electron chi connectivity index (χ3n) is 3.41. The molecule has 1 aromatic carbocycles. The minimum absolute atomic E-state index is 0.407. The second-order valence-electron chi connectivity index (χ2n) is 4.95. The molecule has 0 aromatic heterocycles. The van der Waals surface area contributed by atoms with Crippen LogP contribution in [-0.2, 0) is 4.74 Å². The molecule has 3 N–H and O–H groups in total. The largest absolute Gasteiger partial charge is 0.462 e. The van der Waals surface area contributed by atoms with Gasteiger partial charge in [-0.3, -0.25) is 0 Å². The van der Waals surface area contributed by atoms with Gasteiger partial charge >= 0.3 is 0 Å². The highest BCUT2D eigenvalue weighted by Crippen LogP contribution is 2.28. The van der Waals surface area contributed by atoms with E-state index in [2.05, 4.69) is 22.4 Å². The number of aliphatic hydroxyl groups excluding tert-OH is 3. The summed E-state index contributed by atoms with van der Waals surface area (Å²) in [7, 11) is 0. The molecule has 1 aromatic rings. The van der Waals surface area contributed by atoms with Crippen molar-refractivity contribution >= 4 is 23.1 Å². The second kappa shape index (κ2) is 6.62. The van der Waals surface area contributed by atoms with Gasteiger partial charge in [0.2, 0.25) is 6.29 Å². The van der Waals surface area contributed by atoms with Crippen LogP contribution in [0.1, 0.15) is 12.5 Å². The monoisotopic (exact) mass is 311 g/mol. The average molecular weight is 311 g/mol. The molecule has 7 heteroatoms. The van der Waals surface area contributed by atoms with Crippen molar-refractivity contribution in [1.29, 1.82) is 0 Å². The highest BCUT2D eigenvalue weighted by molar-refractivity contribution is 7.78. The molecule has 1 unspecified atom stereocenters. The van der Waals surface area contributed by atoms with Gasteiger partial charge in [0.05, 0.1) is 17.0 Å². The Balaban J connectivity index is 2.18. The SMILES string of the molecule is Cc1ccc(OC2O[C@@H](C)[C@H](O)[C@@H](O)[C@H]2O)cc1N=C=S. The summed E-state index contributed by atoms with van der Waals surface area (Å²) in [6.45, 7) is 3.45. The lowest BCUT2D eigenvalue weighted by molar-refractivity contribution is -0.268. The van der Waals surface area contributed by atoms with E-state index in [1.165, 1.54) is 0 Å². The van der Waals surface area contributed by atoms with Gasteiger partial charge in [-0.15, -0.1) is 0 Å². The number of hydrogen-bond donors (Lipinski definition) is 3. The molecule has 21 heavy (non-hydrogen) atoms.